The Hall–Kier alpha value is -4.99. The van der Waals surface area contributed by atoms with Gasteiger partial charge in [0.2, 0.25) is 11.8 Å². The smallest absolute Gasteiger partial charge is 0.242 e. The van der Waals surface area contributed by atoms with Gasteiger partial charge in [-0.2, -0.15) is 10.2 Å². The Bertz CT molecular complexity index is 1830. The van der Waals surface area contributed by atoms with E-state index in [0.717, 1.165) is 28.1 Å². The zero-order chi connectivity index (χ0) is 31.0. The molecule has 2 heterocycles. The van der Waals surface area contributed by atoms with E-state index in [1.54, 1.807) is 35.4 Å². The SMILES string of the molecule is O=C(CC1S/C(=N\N=C\c2cn(-c3ccccc3)nc2-c2ccccc2)N(CCc2ccccc2)C1=O)Nc1ccc(Cl)cc1. The summed E-state index contributed by atoms with van der Waals surface area (Å²) in [6, 6.07) is 36.5. The van der Waals surface area contributed by atoms with Crippen molar-refractivity contribution in [1.82, 2.24) is 14.7 Å². The molecule has 1 N–H and O–H groups in total. The average Bonchev–Trinajstić information content (AvgIpc) is 3.63. The number of hydrogen-bond donors (Lipinski definition) is 1. The van der Waals surface area contributed by atoms with Crippen molar-refractivity contribution >= 4 is 52.2 Å². The minimum Gasteiger partial charge on any atom is -0.326 e. The molecule has 45 heavy (non-hydrogen) atoms. The molecule has 1 aliphatic rings. The summed E-state index contributed by atoms with van der Waals surface area (Å²) in [5.41, 5.74) is 5.12. The van der Waals surface area contributed by atoms with Crippen LogP contribution in [-0.4, -0.2) is 49.7 Å². The number of rotatable bonds is 10. The van der Waals surface area contributed by atoms with E-state index in [1.165, 1.54) is 11.8 Å². The molecule has 224 valence electrons. The molecule has 0 radical (unpaired) electrons. The summed E-state index contributed by atoms with van der Waals surface area (Å²) >= 11 is 7.22. The monoisotopic (exact) mass is 632 g/mol. The van der Waals surface area contributed by atoms with Crippen molar-refractivity contribution in [2.24, 2.45) is 10.2 Å². The minimum atomic E-state index is -0.622. The van der Waals surface area contributed by atoms with Crippen LogP contribution in [0.3, 0.4) is 0 Å². The van der Waals surface area contributed by atoms with Crippen LogP contribution in [0.5, 0.6) is 0 Å². The van der Waals surface area contributed by atoms with Gasteiger partial charge in [0.1, 0.15) is 10.9 Å². The largest absolute Gasteiger partial charge is 0.326 e. The van der Waals surface area contributed by atoms with Crippen LogP contribution in [0.2, 0.25) is 5.02 Å². The van der Waals surface area contributed by atoms with Gasteiger partial charge in [-0.05, 0) is 48.4 Å². The summed E-state index contributed by atoms with van der Waals surface area (Å²) in [6.45, 7) is 0.417. The Labute approximate surface area is 270 Å². The molecule has 2 amide bonds. The number of carbonyl (C=O) groups excluding carboxylic acids is 2. The number of nitrogens with one attached hydrogen (secondary N) is 1. The number of amidine groups is 1. The van der Waals surface area contributed by atoms with E-state index in [1.807, 2.05) is 102 Å². The highest BCUT2D eigenvalue weighted by atomic mass is 35.5. The van der Waals surface area contributed by atoms with Crippen LogP contribution in [0, 0.1) is 0 Å². The summed E-state index contributed by atoms with van der Waals surface area (Å²) in [5, 5.41) is 17.0. The summed E-state index contributed by atoms with van der Waals surface area (Å²) in [5.74, 6) is -0.435. The molecule has 1 aliphatic heterocycles. The molecular weight excluding hydrogens is 604 g/mol. The van der Waals surface area contributed by atoms with Gasteiger partial charge in [0, 0.05) is 41.0 Å². The zero-order valence-corrected chi connectivity index (χ0v) is 25.7. The molecule has 8 nitrogen and oxygen atoms in total. The number of amides is 2. The van der Waals surface area contributed by atoms with Gasteiger partial charge in [-0.25, -0.2) is 4.68 Å². The average molecular weight is 633 g/mol. The summed E-state index contributed by atoms with van der Waals surface area (Å²) in [4.78, 5) is 28.1. The number of hydrogen-bond acceptors (Lipinski definition) is 6. The van der Waals surface area contributed by atoms with Gasteiger partial charge in [-0.1, -0.05) is 102 Å². The Kier molecular flexibility index (Phi) is 9.48. The second kappa shape index (κ2) is 14.2. The third-order valence-electron chi connectivity index (χ3n) is 7.14. The lowest BCUT2D eigenvalue weighted by Gasteiger charge is -2.15. The summed E-state index contributed by atoms with van der Waals surface area (Å²) in [6.07, 6.45) is 4.20. The molecule has 0 spiro atoms. The highest BCUT2D eigenvalue weighted by Gasteiger charge is 2.39. The maximum Gasteiger partial charge on any atom is 0.242 e. The zero-order valence-electron chi connectivity index (χ0n) is 24.2. The van der Waals surface area contributed by atoms with E-state index in [2.05, 4.69) is 15.5 Å². The lowest BCUT2D eigenvalue weighted by atomic mass is 10.1. The maximum absolute atomic E-state index is 13.6. The van der Waals surface area contributed by atoms with Crippen molar-refractivity contribution in [2.45, 2.75) is 18.1 Å². The van der Waals surface area contributed by atoms with Crippen LogP contribution < -0.4 is 5.32 Å². The van der Waals surface area contributed by atoms with E-state index >= 15 is 0 Å². The molecule has 4 aromatic carbocycles. The number of thioether (sulfide) groups is 1. The standard InChI is InChI=1S/C35H29ClN6O2S/c36-28-16-18-29(19-17-28)38-32(43)22-31-34(44)41(21-20-25-10-4-1-5-11-25)35(45-31)39-37-23-27-24-42(30-14-8-3-9-15-30)40-33(27)26-12-6-2-7-13-26/h1-19,23-24,31H,20-22H2,(H,38,43)/b37-23+,39-35-. The molecule has 0 bridgehead atoms. The van der Waals surface area contributed by atoms with E-state index in [4.69, 9.17) is 16.7 Å². The summed E-state index contributed by atoms with van der Waals surface area (Å²) in [7, 11) is 0. The Morgan fingerprint density at radius 3 is 2.29 bits per heavy atom. The number of carbonyl (C=O) groups is 2. The van der Waals surface area contributed by atoms with Gasteiger partial charge in [-0.3, -0.25) is 14.5 Å². The van der Waals surface area contributed by atoms with E-state index in [0.29, 0.717) is 28.8 Å². The van der Waals surface area contributed by atoms with Crippen LogP contribution >= 0.6 is 23.4 Å². The lowest BCUT2D eigenvalue weighted by Crippen LogP contribution is -2.35. The van der Waals surface area contributed by atoms with Crippen LogP contribution in [-0.2, 0) is 16.0 Å². The van der Waals surface area contributed by atoms with Crippen LogP contribution in [0.25, 0.3) is 16.9 Å². The van der Waals surface area contributed by atoms with Crippen molar-refractivity contribution in [3.05, 3.63) is 138 Å². The number of aromatic nitrogens is 2. The maximum atomic E-state index is 13.6. The topological polar surface area (TPSA) is 92.0 Å². The molecule has 0 saturated carbocycles. The van der Waals surface area contributed by atoms with Crippen molar-refractivity contribution < 1.29 is 9.59 Å². The fraction of sp³-hybridized carbons (Fsp3) is 0.114. The Morgan fingerprint density at radius 1 is 0.911 bits per heavy atom. The number of halogens is 1. The molecule has 5 aromatic rings. The predicted molar refractivity (Wildman–Crippen MR) is 182 cm³/mol. The third kappa shape index (κ3) is 7.57. The minimum absolute atomic E-state index is 0.00129. The second-order valence-electron chi connectivity index (χ2n) is 10.3. The van der Waals surface area contributed by atoms with Gasteiger partial charge < -0.3 is 5.32 Å². The van der Waals surface area contributed by atoms with E-state index in [9.17, 15) is 9.59 Å². The van der Waals surface area contributed by atoms with Gasteiger partial charge in [0.15, 0.2) is 5.17 Å². The Balaban J connectivity index is 1.25. The van der Waals surface area contributed by atoms with E-state index in [-0.39, 0.29) is 18.2 Å². The molecule has 1 fully saturated rings. The molecular formula is C35H29ClN6O2S. The first-order chi connectivity index (χ1) is 22.0. The van der Waals surface area contributed by atoms with Crippen LogP contribution in [0.4, 0.5) is 5.69 Å². The first-order valence-electron chi connectivity index (χ1n) is 14.4. The Morgan fingerprint density at radius 2 is 1.58 bits per heavy atom. The second-order valence-corrected chi connectivity index (χ2v) is 11.9. The first-order valence-corrected chi connectivity index (χ1v) is 15.7. The fourth-order valence-corrected chi connectivity index (χ4v) is 6.12. The number of para-hydroxylation sites is 1. The van der Waals surface area contributed by atoms with Crippen molar-refractivity contribution in [3.8, 4) is 16.9 Å². The predicted octanol–water partition coefficient (Wildman–Crippen LogP) is 7.10. The highest BCUT2D eigenvalue weighted by molar-refractivity contribution is 8.15. The number of benzene rings is 4. The lowest BCUT2D eigenvalue weighted by molar-refractivity contribution is -0.128. The van der Waals surface area contributed by atoms with Crippen LogP contribution in [0.15, 0.2) is 132 Å². The third-order valence-corrected chi connectivity index (χ3v) is 8.55. The molecule has 1 atom stereocenters. The first kappa shape index (κ1) is 30.1. The normalized spacial score (nSPS) is 15.7. The molecule has 1 unspecified atom stereocenters. The van der Waals surface area contributed by atoms with Crippen LogP contribution in [0.1, 0.15) is 17.5 Å². The van der Waals surface area contributed by atoms with Crippen molar-refractivity contribution in [3.63, 3.8) is 0 Å². The van der Waals surface area contributed by atoms with Crippen molar-refractivity contribution in [2.75, 3.05) is 11.9 Å². The van der Waals surface area contributed by atoms with E-state index < -0.39 is 5.25 Å². The molecule has 10 heteroatoms. The van der Waals surface area contributed by atoms with Crippen molar-refractivity contribution in [1.29, 1.82) is 0 Å². The van der Waals surface area contributed by atoms with Gasteiger partial charge in [0.25, 0.3) is 0 Å². The quantitative estimate of drug-likeness (QED) is 0.131. The number of anilines is 1. The van der Waals surface area contributed by atoms with Gasteiger partial charge in [0.05, 0.1) is 11.9 Å². The summed E-state index contributed by atoms with van der Waals surface area (Å²) < 4.78 is 1.81. The number of nitrogens with zero attached hydrogens (tertiary/aromatic N) is 5. The molecule has 1 saturated heterocycles. The fourth-order valence-electron chi connectivity index (χ4n) is 4.88. The highest BCUT2D eigenvalue weighted by Crippen LogP contribution is 2.31. The van der Waals surface area contributed by atoms with Gasteiger partial charge >= 0.3 is 0 Å². The molecule has 6 rings (SSSR count). The van der Waals surface area contributed by atoms with Gasteiger partial charge in [-0.15, -0.1) is 5.10 Å². The molecule has 1 aromatic heterocycles. The molecule has 0 aliphatic carbocycles.